The highest BCUT2D eigenvalue weighted by atomic mass is 16.7. The minimum absolute atomic E-state index is 0.0551. The smallest absolute Gasteiger partial charge is 0.305 e. The largest absolute Gasteiger partial charge is 0.466 e. The highest BCUT2D eigenvalue weighted by Gasteiger charge is 2.44. The number of aliphatic hydroxyl groups excluding tert-OH is 5. The topological polar surface area (TPSA) is 175 Å². The SMILES string of the molecule is CCCC/C=C\CCCCCCCC(=O)OCCCCC/C=C\C=C/CCCCCCCCC(=O)NC(COC1OC(CO)C(O)C(O)C1O)C(O)/C=C/CC/C=C/CC/C=C/CCCC. The molecule has 0 aromatic carbocycles. The van der Waals surface area contributed by atoms with E-state index in [0.717, 1.165) is 103 Å². The number of hydrogen-bond acceptors (Lipinski definition) is 10. The second-order valence-electron chi connectivity index (χ2n) is 17.9. The number of esters is 1. The van der Waals surface area contributed by atoms with E-state index < -0.39 is 49.5 Å². The summed E-state index contributed by atoms with van der Waals surface area (Å²) < 4.78 is 16.6. The van der Waals surface area contributed by atoms with E-state index in [4.69, 9.17) is 14.2 Å². The van der Waals surface area contributed by atoms with Gasteiger partial charge in [0.2, 0.25) is 5.91 Å². The molecule has 7 atom stereocenters. The molecule has 0 aromatic rings. The molecule has 6 N–H and O–H groups in total. The van der Waals surface area contributed by atoms with E-state index in [2.05, 4.69) is 79.9 Å². The van der Waals surface area contributed by atoms with Gasteiger partial charge >= 0.3 is 5.97 Å². The van der Waals surface area contributed by atoms with E-state index >= 15 is 0 Å². The van der Waals surface area contributed by atoms with Gasteiger partial charge in [-0.15, -0.1) is 0 Å². The van der Waals surface area contributed by atoms with Crippen LogP contribution in [0.1, 0.15) is 200 Å². The van der Waals surface area contributed by atoms with Crippen LogP contribution in [0.4, 0.5) is 0 Å². The Morgan fingerprint density at radius 2 is 1.03 bits per heavy atom. The first-order chi connectivity index (χ1) is 32.2. The van der Waals surface area contributed by atoms with Crippen molar-refractivity contribution < 1.29 is 49.3 Å². The fourth-order valence-corrected chi connectivity index (χ4v) is 7.48. The van der Waals surface area contributed by atoms with Crippen LogP contribution < -0.4 is 5.32 Å². The maximum absolute atomic E-state index is 13.0. The van der Waals surface area contributed by atoms with Crippen molar-refractivity contribution in [1.82, 2.24) is 5.32 Å². The van der Waals surface area contributed by atoms with E-state index in [9.17, 15) is 35.1 Å². The summed E-state index contributed by atoms with van der Waals surface area (Å²) in [5.74, 6) is -0.278. The molecule has 11 heteroatoms. The molecule has 1 fully saturated rings. The van der Waals surface area contributed by atoms with E-state index in [-0.39, 0.29) is 18.5 Å². The van der Waals surface area contributed by atoms with Crippen molar-refractivity contribution >= 4 is 11.9 Å². The van der Waals surface area contributed by atoms with Gasteiger partial charge in [0.25, 0.3) is 0 Å². The lowest BCUT2D eigenvalue weighted by molar-refractivity contribution is -0.302. The predicted octanol–water partition coefficient (Wildman–Crippen LogP) is 10.9. The summed E-state index contributed by atoms with van der Waals surface area (Å²) in [6, 6.07) is -0.852. The van der Waals surface area contributed by atoms with Crippen LogP contribution in [0.25, 0.3) is 0 Å². The van der Waals surface area contributed by atoms with Crippen molar-refractivity contribution in [2.75, 3.05) is 19.8 Å². The Kier molecular flexibility index (Phi) is 41.3. The van der Waals surface area contributed by atoms with Crippen LogP contribution in [0.15, 0.2) is 72.9 Å². The van der Waals surface area contributed by atoms with Gasteiger partial charge < -0.3 is 45.1 Å². The second kappa shape index (κ2) is 44.6. The number of hydrogen-bond donors (Lipinski definition) is 6. The van der Waals surface area contributed by atoms with Crippen molar-refractivity contribution in [3.63, 3.8) is 0 Å². The molecule has 0 bridgehead atoms. The fraction of sp³-hybridized carbons (Fsp3) is 0.745. The van der Waals surface area contributed by atoms with Gasteiger partial charge in [0.1, 0.15) is 24.4 Å². The predicted molar refractivity (Wildman–Crippen MR) is 269 cm³/mol. The lowest BCUT2D eigenvalue weighted by Gasteiger charge is -2.40. The van der Waals surface area contributed by atoms with Crippen LogP contribution >= 0.6 is 0 Å². The molecule has 0 aromatic heterocycles. The number of carbonyl (C=O) groups excluding carboxylic acids is 2. The number of rotatable bonds is 43. The third kappa shape index (κ3) is 34.4. The second-order valence-corrected chi connectivity index (χ2v) is 17.9. The first-order valence-corrected chi connectivity index (χ1v) is 26.2. The van der Waals surface area contributed by atoms with Crippen LogP contribution in [0.2, 0.25) is 0 Å². The summed E-state index contributed by atoms with van der Waals surface area (Å²) in [4.78, 5) is 25.0. The number of carbonyl (C=O) groups is 2. The van der Waals surface area contributed by atoms with Crippen LogP contribution in [0, 0.1) is 0 Å². The molecule has 0 saturated carbocycles. The Balaban J connectivity index is 2.23. The van der Waals surface area contributed by atoms with Gasteiger partial charge in [-0.05, 0) is 103 Å². The van der Waals surface area contributed by atoms with Crippen LogP contribution in [-0.4, -0.2) is 100 Å². The summed E-state index contributed by atoms with van der Waals surface area (Å²) in [6.45, 7) is 4.13. The first kappa shape index (κ1) is 61.1. The zero-order chi connectivity index (χ0) is 48.1. The standard InChI is InChI=1S/C55H95NO10/c1-3-5-7-9-11-13-15-22-25-29-33-37-41-48(58)47(46-65-55-54(63)53(62)52(61)49(45-57)66-55)56-50(59)42-38-34-30-26-23-19-17-16-18-20-24-28-32-36-40-44-64-51(60)43-39-35-31-27-21-14-12-10-8-6-4-2/h9-12,16,18,20,22,24-25,37,41,47-49,52-55,57-58,61-63H,3-8,13-15,17,19,21,23,26-36,38-40,42-46H2,1-2H3,(H,56,59)/b11-9+,12-10-,18-16-,24-20-,25-22+,41-37+. The number of ether oxygens (including phenoxy) is 3. The summed E-state index contributed by atoms with van der Waals surface area (Å²) in [5, 5.41) is 54.2. The minimum atomic E-state index is -1.59. The normalized spacial score (nSPS) is 20.3. The van der Waals surface area contributed by atoms with Crippen LogP contribution in [0.5, 0.6) is 0 Å². The van der Waals surface area contributed by atoms with Crippen LogP contribution in [0.3, 0.4) is 0 Å². The van der Waals surface area contributed by atoms with E-state index in [1.807, 2.05) is 6.08 Å². The molecular weight excluding hydrogens is 835 g/mol. The maximum atomic E-state index is 13.0. The zero-order valence-corrected chi connectivity index (χ0v) is 41.4. The molecular formula is C55H95NO10. The van der Waals surface area contributed by atoms with Crippen molar-refractivity contribution in [2.45, 2.75) is 243 Å². The molecule has 1 amide bonds. The molecule has 0 aliphatic carbocycles. The molecule has 7 unspecified atom stereocenters. The van der Waals surface area contributed by atoms with Gasteiger partial charge in [-0.3, -0.25) is 9.59 Å². The Labute approximate surface area is 400 Å². The number of unbranched alkanes of at least 4 members (excludes halogenated alkanes) is 20. The van der Waals surface area contributed by atoms with Gasteiger partial charge in [0, 0.05) is 12.8 Å². The van der Waals surface area contributed by atoms with Gasteiger partial charge in [0.15, 0.2) is 6.29 Å². The van der Waals surface area contributed by atoms with E-state index in [1.165, 1.54) is 57.8 Å². The molecule has 1 saturated heterocycles. The van der Waals surface area contributed by atoms with Crippen molar-refractivity contribution in [2.24, 2.45) is 0 Å². The third-order valence-electron chi connectivity index (χ3n) is 11.8. The van der Waals surface area contributed by atoms with E-state index in [0.29, 0.717) is 32.3 Å². The molecule has 0 spiro atoms. The number of aliphatic hydroxyl groups is 5. The lowest BCUT2D eigenvalue weighted by Crippen LogP contribution is -2.60. The van der Waals surface area contributed by atoms with Gasteiger partial charge in [-0.1, -0.05) is 157 Å². The number of allylic oxidation sites excluding steroid dienone is 11. The van der Waals surface area contributed by atoms with E-state index in [1.54, 1.807) is 6.08 Å². The molecule has 1 aliphatic heterocycles. The molecule has 1 rings (SSSR count). The summed E-state index contributed by atoms with van der Waals surface area (Å²) in [7, 11) is 0. The van der Waals surface area contributed by atoms with Crippen LogP contribution in [-0.2, 0) is 23.8 Å². The van der Waals surface area contributed by atoms with Crippen molar-refractivity contribution in [3.8, 4) is 0 Å². The third-order valence-corrected chi connectivity index (χ3v) is 11.8. The fourth-order valence-electron chi connectivity index (χ4n) is 7.48. The minimum Gasteiger partial charge on any atom is -0.466 e. The number of nitrogens with one attached hydrogen (secondary N) is 1. The van der Waals surface area contributed by atoms with Gasteiger partial charge in [-0.2, -0.15) is 0 Å². The first-order valence-electron chi connectivity index (χ1n) is 26.2. The molecule has 0 radical (unpaired) electrons. The Morgan fingerprint density at radius 3 is 1.59 bits per heavy atom. The van der Waals surface area contributed by atoms with Crippen molar-refractivity contribution in [1.29, 1.82) is 0 Å². The molecule has 380 valence electrons. The Hall–Kier alpha value is -2.90. The Bertz CT molecular complexity index is 1330. The molecule has 1 aliphatic rings. The van der Waals surface area contributed by atoms with Gasteiger partial charge in [-0.25, -0.2) is 0 Å². The monoisotopic (exact) mass is 930 g/mol. The summed E-state index contributed by atoms with van der Waals surface area (Å²) in [5.41, 5.74) is 0. The zero-order valence-electron chi connectivity index (χ0n) is 41.4. The summed E-state index contributed by atoms with van der Waals surface area (Å²) >= 11 is 0. The number of amides is 1. The highest BCUT2D eigenvalue weighted by molar-refractivity contribution is 5.76. The maximum Gasteiger partial charge on any atom is 0.305 e. The average molecular weight is 930 g/mol. The quantitative estimate of drug-likeness (QED) is 0.0149. The van der Waals surface area contributed by atoms with Crippen molar-refractivity contribution in [3.05, 3.63) is 72.9 Å². The molecule has 1 heterocycles. The molecule has 11 nitrogen and oxygen atoms in total. The molecule has 66 heavy (non-hydrogen) atoms. The lowest BCUT2D eigenvalue weighted by atomic mass is 9.99. The van der Waals surface area contributed by atoms with Gasteiger partial charge in [0.05, 0.1) is 32.0 Å². The highest BCUT2D eigenvalue weighted by Crippen LogP contribution is 2.22. The summed E-state index contributed by atoms with van der Waals surface area (Å²) in [6.07, 6.45) is 47.0. The average Bonchev–Trinajstić information content (AvgIpc) is 3.31. The Morgan fingerprint density at radius 1 is 0.561 bits per heavy atom.